The molecule has 1 nitrogen and oxygen atoms in total. The van der Waals surface area contributed by atoms with Gasteiger partial charge in [0.25, 0.3) is 0 Å². The van der Waals surface area contributed by atoms with Crippen molar-refractivity contribution in [3.05, 3.63) is 19.2 Å². The first-order valence-corrected chi connectivity index (χ1v) is 5.59. The number of allylic oxidation sites excluding steroid dienone is 1. The zero-order valence-corrected chi connectivity index (χ0v) is 9.02. The van der Waals surface area contributed by atoms with Gasteiger partial charge in [0.1, 0.15) is 0 Å². The van der Waals surface area contributed by atoms with Gasteiger partial charge in [-0.05, 0) is 19.0 Å². The van der Waals surface area contributed by atoms with E-state index in [1.165, 1.54) is 38.5 Å². The minimum Gasteiger partial charge on any atom is -0.391 e. The molecule has 0 amide bonds. The Bertz CT molecular complexity index is 108. The van der Waals surface area contributed by atoms with Crippen molar-refractivity contribution in [1.29, 1.82) is 0 Å². The van der Waals surface area contributed by atoms with E-state index in [9.17, 15) is 0 Å². The molecule has 0 aromatic rings. The minimum absolute atomic E-state index is 1.08. The predicted octanol–water partition coefficient (Wildman–Crippen LogP) is 3.67. The van der Waals surface area contributed by atoms with Gasteiger partial charge in [0, 0.05) is 6.54 Å². The molecule has 0 atom stereocenters. The summed E-state index contributed by atoms with van der Waals surface area (Å²) in [5.41, 5.74) is 0. The summed E-state index contributed by atoms with van der Waals surface area (Å²) < 4.78 is 0. The van der Waals surface area contributed by atoms with Crippen LogP contribution in [0.2, 0.25) is 0 Å². The first kappa shape index (κ1) is 12.5. The van der Waals surface area contributed by atoms with Crippen LogP contribution < -0.4 is 5.32 Å². The van der Waals surface area contributed by atoms with E-state index in [0.717, 1.165) is 13.0 Å². The zero-order chi connectivity index (χ0) is 9.78. The molecule has 0 aliphatic rings. The summed E-state index contributed by atoms with van der Waals surface area (Å²) in [5, 5.41) is 3.30. The number of unbranched alkanes of at least 4 members (excludes halogenated alkanes) is 5. The van der Waals surface area contributed by atoms with E-state index in [0.29, 0.717) is 0 Å². The van der Waals surface area contributed by atoms with Crippen LogP contribution in [-0.4, -0.2) is 6.54 Å². The largest absolute Gasteiger partial charge is 0.391 e. The molecule has 0 aromatic carbocycles. The van der Waals surface area contributed by atoms with Crippen LogP contribution in [0.15, 0.2) is 12.3 Å². The Hall–Kier alpha value is -0.460. The molecule has 0 aromatic heterocycles. The zero-order valence-electron chi connectivity index (χ0n) is 9.02. The van der Waals surface area contributed by atoms with E-state index >= 15 is 0 Å². The number of hydrogen-bond donors (Lipinski definition) is 1. The molecular formula is C12H24N. The molecule has 13 heavy (non-hydrogen) atoms. The summed E-state index contributed by atoms with van der Waals surface area (Å²) in [6, 6.07) is 0. The molecule has 77 valence electrons. The highest BCUT2D eigenvalue weighted by Crippen LogP contribution is 1.97. The average molecular weight is 182 g/mol. The van der Waals surface area contributed by atoms with Crippen molar-refractivity contribution in [1.82, 2.24) is 5.32 Å². The summed E-state index contributed by atoms with van der Waals surface area (Å²) >= 11 is 0. The molecule has 0 bridgehead atoms. The van der Waals surface area contributed by atoms with E-state index in [-0.39, 0.29) is 0 Å². The summed E-state index contributed by atoms with van der Waals surface area (Å²) in [5.74, 6) is 0. The maximum absolute atomic E-state index is 3.82. The van der Waals surface area contributed by atoms with Crippen LogP contribution in [0.1, 0.15) is 51.9 Å². The first-order chi connectivity index (χ1) is 6.41. The Morgan fingerprint density at radius 2 is 2.00 bits per heavy atom. The second kappa shape index (κ2) is 11.5. The van der Waals surface area contributed by atoms with Crippen molar-refractivity contribution < 1.29 is 0 Å². The van der Waals surface area contributed by atoms with Crippen LogP contribution in [0, 0.1) is 6.92 Å². The van der Waals surface area contributed by atoms with Crippen molar-refractivity contribution in [3.63, 3.8) is 0 Å². The third-order valence-electron chi connectivity index (χ3n) is 2.03. The van der Waals surface area contributed by atoms with Crippen LogP contribution in [0.25, 0.3) is 0 Å². The van der Waals surface area contributed by atoms with E-state index in [1.54, 1.807) is 0 Å². The summed E-state index contributed by atoms with van der Waals surface area (Å²) in [6.07, 6.45) is 13.0. The third-order valence-corrected chi connectivity index (χ3v) is 2.03. The Labute approximate surface area is 83.6 Å². The van der Waals surface area contributed by atoms with E-state index < -0.39 is 0 Å². The molecule has 0 saturated carbocycles. The summed E-state index contributed by atoms with van der Waals surface area (Å²) in [7, 11) is 0. The molecule has 1 radical (unpaired) electrons. The molecule has 0 rings (SSSR count). The fourth-order valence-electron chi connectivity index (χ4n) is 1.15. The lowest BCUT2D eigenvalue weighted by Crippen LogP contribution is -2.06. The van der Waals surface area contributed by atoms with Gasteiger partial charge in [-0.1, -0.05) is 52.0 Å². The average Bonchev–Trinajstić information content (AvgIpc) is 2.16. The molecular weight excluding hydrogens is 158 g/mol. The first-order valence-electron chi connectivity index (χ1n) is 5.59. The van der Waals surface area contributed by atoms with Crippen molar-refractivity contribution in [2.75, 3.05) is 6.54 Å². The Kier molecular flexibility index (Phi) is 11.1. The van der Waals surface area contributed by atoms with Crippen molar-refractivity contribution in [2.24, 2.45) is 0 Å². The molecule has 0 heterocycles. The van der Waals surface area contributed by atoms with Crippen molar-refractivity contribution in [2.45, 2.75) is 51.9 Å². The van der Waals surface area contributed by atoms with Gasteiger partial charge in [-0.15, -0.1) is 0 Å². The molecule has 0 aliphatic carbocycles. The van der Waals surface area contributed by atoms with Gasteiger partial charge in [-0.2, -0.15) is 0 Å². The molecule has 0 unspecified atom stereocenters. The fraction of sp³-hybridized carbons (Fsp3) is 0.750. The molecule has 1 heteroatoms. The highest BCUT2D eigenvalue weighted by Gasteiger charge is 1.84. The minimum atomic E-state index is 1.08. The van der Waals surface area contributed by atoms with E-state index in [4.69, 9.17) is 0 Å². The Balaban J connectivity index is 2.93. The standard InChI is InChI=1S/C12H24N/c1-3-5-7-9-11-13-12-10-8-6-4-2/h10,12-13H,1,3-9,11H2,2H3/b12-10+. The third kappa shape index (κ3) is 11.5. The lowest BCUT2D eigenvalue weighted by Gasteiger charge is -1.99. The Morgan fingerprint density at radius 3 is 2.69 bits per heavy atom. The van der Waals surface area contributed by atoms with Gasteiger partial charge in [0.15, 0.2) is 0 Å². The van der Waals surface area contributed by atoms with Crippen molar-refractivity contribution in [3.8, 4) is 0 Å². The van der Waals surface area contributed by atoms with Gasteiger partial charge >= 0.3 is 0 Å². The second-order valence-electron chi connectivity index (χ2n) is 3.41. The maximum Gasteiger partial charge on any atom is 0.0141 e. The lowest BCUT2D eigenvalue weighted by molar-refractivity contribution is 0.659. The van der Waals surface area contributed by atoms with E-state index in [1.807, 2.05) is 0 Å². The highest BCUT2D eigenvalue weighted by molar-refractivity contribution is 4.78. The summed E-state index contributed by atoms with van der Waals surface area (Å²) in [4.78, 5) is 0. The van der Waals surface area contributed by atoms with Crippen LogP contribution in [-0.2, 0) is 0 Å². The monoisotopic (exact) mass is 182 g/mol. The number of nitrogens with one attached hydrogen (secondary N) is 1. The van der Waals surface area contributed by atoms with Crippen LogP contribution in [0.3, 0.4) is 0 Å². The quantitative estimate of drug-likeness (QED) is 0.536. The fourth-order valence-corrected chi connectivity index (χ4v) is 1.15. The van der Waals surface area contributed by atoms with Gasteiger partial charge in [0.05, 0.1) is 0 Å². The van der Waals surface area contributed by atoms with E-state index in [2.05, 4.69) is 31.4 Å². The molecule has 1 N–H and O–H groups in total. The number of hydrogen-bond acceptors (Lipinski definition) is 1. The molecule has 0 spiro atoms. The number of rotatable bonds is 9. The molecule has 0 aliphatic heterocycles. The topological polar surface area (TPSA) is 12.0 Å². The lowest BCUT2D eigenvalue weighted by atomic mass is 10.2. The van der Waals surface area contributed by atoms with Gasteiger partial charge < -0.3 is 5.32 Å². The van der Waals surface area contributed by atoms with Crippen LogP contribution in [0.4, 0.5) is 0 Å². The highest BCUT2D eigenvalue weighted by atomic mass is 14.8. The SMILES string of the molecule is [CH2]CCCCCN/C=C/CCCC. The molecule has 0 saturated heterocycles. The second-order valence-corrected chi connectivity index (χ2v) is 3.41. The maximum atomic E-state index is 3.82. The smallest absolute Gasteiger partial charge is 0.0141 e. The van der Waals surface area contributed by atoms with Crippen molar-refractivity contribution >= 4 is 0 Å². The predicted molar refractivity (Wildman–Crippen MR) is 60.5 cm³/mol. The summed E-state index contributed by atoms with van der Waals surface area (Å²) in [6.45, 7) is 7.15. The van der Waals surface area contributed by atoms with Crippen LogP contribution >= 0.6 is 0 Å². The van der Waals surface area contributed by atoms with Gasteiger partial charge in [-0.25, -0.2) is 0 Å². The Morgan fingerprint density at radius 1 is 1.15 bits per heavy atom. The molecule has 0 fully saturated rings. The van der Waals surface area contributed by atoms with Gasteiger partial charge in [0.2, 0.25) is 0 Å². The normalized spacial score (nSPS) is 10.9. The van der Waals surface area contributed by atoms with Gasteiger partial charge in [-0.3, -0.25) is 0 Å². The van der Waals surface area contributed by atoms with Crippen LogP contribution in [0.5, 0.6) is 0 Å².